The van der Waals surface area contributed by atoms with Crippen molar-refractivity contribution in [1.82, 2.24) is 19.6 Å². The van der Waals surface area contributed by atoms with E-state index in [4.69, 9.17) is 4.74 Å². The van der Waals surface area contributed by atoms with Gasteiger partial charge in [0.05, 0.1) is 6.61 Å². The molecular formula is C13H18F3N5O. The monoisotopic (exact) mass is 317 g/mol. The first-order chi connectivity index (χ1) is 10.3. The number of fused-ring (bicyclic) bond motifs is 1. The largest absolute Gasteiger partial charge is 0.433 e. The van der Waals surface area contributed by atoms with Crippen molar-refractivity contribution in [3.8, 4) is 0 Å². The van der Waals surface area contributed by atoms with Crippen LogP contribution in [0, 0.1) is 5.92 Å². The summed E-state index contributed by atoms with van der Waals surface area (Å²) >= 11 is 0. The van der Waals surface area contributed by atoms with Crippen LogP contribution in [0.1, 0.15) is 26.5 Å². The standard InChI is InChI=1S/C13H18F3N5O/c1-8(2)5-22-6-9(3)19-11-4-10(13(14,15)16)20-12-17-7-18-21(11)12/h4,7-9,19H,5-6H2,1-3H3/t9-/m1/s1. The van der Waals surface area contributed by atoms with Crippen LogP contribution >= 0.6 is 0 Å². The van der Waals surface area contributed by atoms with Gasteiger partial charge in [-0.2, -0.15) is 27.8 Å². The molecule has 0 aromatic carbocycles. The van der Waals surface area contributed by atoms with Crippen molar-refractivity contribution in [3.63, 3.8) is 0 Å². The number of hydrogen-bond acceptors (Lipinski definition) is 5. The SMILES string of the molecule is CC(C)COC[C@@H](C)Nc1cc(C(F)(F)F)nc2ncnn12. The second kappa shape index (κ2) is 6.47. The summed E-state index contributed by atoms with van der Waals surface area (Å²) in [4.78, 5) is 7.17. The summed E-state index contributed by atoms with van der Waals surface area (Å²) in [5.41, 5.74) is -1.01. The van der Waals surface area contributed by atoms with E-state index in [9.17, 15) is 13.2 Å². The van der Waals surface area contributed by atoms with Gasteiger partial charge < -0.3 is 10.1 Å². The zero-order chi connectivity index (χ0) is 16.3. The topological polar surface area (TPSA) is 64.3 Å². The molecule has 0 aliphatic rings. The van der Waals surface area contributed by atoms with Crippen molar-refractivity contribution in [1.29, 1.82) is 0 Å². The number of alkyl halides is 3. The molecule has 0 saturated heterocycles. The van der Waals surface area contributed by atoms with Crippen LogP contribution in [0.2, 0.25) is 0 Å². The first-order valence-electron chi connectivity index (χ1n) is 6.89. The third kappa shape index (κ3) is 4.06. The number of nitrogens with one attached hydrogen (secondary N) is 1. The lowest BCUT2D eigenvalue weighted by molar-refractivity contribution is -0.141. The highest BCUT2D eigenvalue weighted by Crippen LogP contribution is 2.29. The molecular weight excluding hydrogens is 299 g/mol. The average molecular weight is 317 g/mol. The van der Waals surface area contributed by atoms with E-state index in [2.05, 4.69) is 20.4 Å². The number of halogens is 3. The Hall–Kier alpha value is -1.90. The second-order valence-corrected chi connectivity index (χ2v) is 5.47. The van der Waals surface area contributed by atoms with E-state index >= 15 is 0 Å². The summed E-state index contributed by atoms with van der Waals surface area (Å²) in [6, 6.07) is 0.732. The van der Waals surface area contributed by atoms with Crippen molar-refractivity contribution < 1.29 is 17.9 Å². The highest BCUT2D eigenvalue weighted by Gasteiger charge is 2.34. The predicted octanol–water partition coefficient (Wildman–Crippen LogP) is 2.62. The molecule has 0 aliphatic heterocycles. The molecule has 2 aromatic heterocycles. The number of hydrogen-bond donors (Lipinski definition) is 1. The summed E-state index contributed by atoms with van der Waals surface area (Å²) in [5.74, 6) is 0.468. The average Bonchev–Trinajstić information content (AvgIpc) is 2.85. The highest BCUT2D eigenvalue weighted by molar-refractivity contribution is 5.46. The van der Waals surface area contributed by atoms with Crippen LogP contribution in [0.5, 0.6) is 0 Å². The molecule has 0 amide bonds. The van der Waals surface area contributed by atoms with Gasteiger partial charge in [0.15, 0.2) is 5.69 Å². The minimum atomic E-state index is -4.54. The van der Waals surface area contributed by atoms with Crippen molar-refractivity contribution in [2.75, 3.05) is 18.5 Å². The first kappa shape index (κ1) is 16.5. The quantitative estimate of drug-likeness (QED) is 0.887. The number of aromatic nitrogens is 4. The van der Waals surface area contributed by atoms with Crippen LogP contribution in [0.4, 0.5) is 19.0 Å². The van der Waals surface area contributed by atoms with Gasteiger partial charge >= 0.3 is 6.18 Å². The van der Waals surface area contributed by atoms with Gasteiger partial charge in [-0.15, -0.1) is 0 Å². The maximum absolute atomic E-state index is 12.9. The normalized spacial score (nSPS) is 13.8. The molecule has 1 N–H and O–H groups in total. The minimum absolute atomic E-state index is 0.104. The number of ether oxygens (including phenoxy) is 1. The summed E-state index contributed by atoms with van der Waals surface area (Å²) in [6.07, 6.45) is -3.38. The van der Waals surface area contributed by atoms with Crippen LogP contribution in [-0.2, 0) is 10.9 Å². The highest BCUT2D eigenvalue weighted by atomic mass is 19.4. The molecule has 0 spiro atoms. The van der Waals surface area contributed by atoms with Gasteiger partial charge in [-0.1, -0.05) is 13.8 Å². The van der Waals surface area contributed by atoms with Gasteiger partial charge in [0, 0.05) is 18.7 Å². The van der Waals surface area contributed by atoms with Gasteiger partial charge in [-0.05, 0) is 12.8 Å². The van der Waals surface area contributed by atoms with Gasteiger partial charge in [0.1, 0.15) is 12.1 Å². The van der Waals surface area contributed by atoms with E-state index in [1.54, 1.807) is 0 Å². The Kier molecular flexibility index (Phi) is 4.84. The minimum Gasteiger partial charge on any atom is -0.379 e. The summed E-state index contributed by atoms with van der Waals surface area (Å²) in [7, 11) is 0. The predicted molar refractivity (Wildman–Crippen MR) is 74.5 cm³/mol. The Balaban J connectivity index is 2.17. The third-order valence-corrected chi connectivity index (χ3v) is 2.76. The maximum atomic E-state index is 12.9. The maximum Gasteiger partial charge on any atom is 0.433 e. The van der Waals surface area contributed by atoms with Crippen LogP contribution < -0.4 is 5.32 Å². The molecule has 9 heteroatoms. The van der Waals surface area contributed by atoms with Crippen LogP contribution in [0.15, 0.2) is 12.4 Å². The molecule has 1 atom stereocenters. The fraction of sp³-hybridized carbons (Fsp3) is 0.615. The Morgan fingerprint density at radius 3 is 2.64 bits per heavy atom. The van der Waals surface area contributed by atoms with Crippen molar-refractivity contribution >= 4 is 11.6 Å². The molecule has 2 aromatic rings. The lowest BCUT2D eigenvalue weighted by atomic mass is 10.2. The van der Waals surface area contributed by atoms with Crippen molar-refractivity contribution in [2.24, 2.45) is 5.92 Å². The molecule has 0 unspecified atom stereocenters. The zero-order valence-corrected chi connectivity index (χ0v) is 12.6. The van der Waals surface area contributed by atoms with E-state index in [1.165, 1.54) is 4.52 Å². The number of rotatable bonds is 6. The fourth-order valence-corrected chi connectivity index (χ4v) is 1.83. The van der Waals surface area contributed by atoms with E-state index in [1.807, 2.05) is 20.8 Å². The first-order valence-corrected chi connectivity index (χ1v) is 6.89. The van der Waals surface area contributed by atoms with E-state index < -0.39 is 11.9 Å². The van der Waals surface area contributed by atoms with E-state index in [0.717, 1.165) is 12.4 Å². The Morgan fingerprint density at radius 1 is 1.27 bits per heavy atom. The van der Waals surface area contributed by atoms with Gasteiger partial charge in [0.2, 0.25) is 0 Å². The van der Waals surface area contributed by atoms with Crippen LogP contribution in [0.3, 0.4) is 0 Å². The van der Waals surface area contributed by atoms with Crippen molar-refractivity contribution in [2.45, 2.75) is 33.0 Å². The molecule has 2 heterocycles. The Labute approximate surface area is 125 Å². The molecule has 22 heavy (non-hydrogen) atoms. The molecule has 0 fully saturated rings. The molecule has 0 saturated carbocycles. The van der Waals surface area contributed by atoms with Crippen LogP contribution in [0.25, 0.3) is 5.78 Å². The van der Waals surface area contributed by atoms with Crippen molar-refractivity contribution in [3.05, 3.63) is 18.1 Å². The van der Waals surface area contributed by atoms with E-state index in [0.29, 0.717) is 19.1 Å². The smallest absolute Gasteiger partial charge is 0.379 e. The summed E-state index contributed by atoms with van der Waals surface area (Å²) < 4.78 is 45.3. The van der Waals surface area contributed by atoms with Gasteiger partial charge in [-0.3, -0.25) is 0 Å². The molecule has 122 valence electrons. The zero-order valence-electron chi connectivity index (χ0n) is 12.6. The molecule has 6 nitrogen and oxygen atoms in total. The molecule has 0 aliphatic carbocycles. The lowest BCUT2D eigenvalue weighted by Crippen LogP contribution is -2.25. The third-order valence-electron chi connectivity index (χ3n) is 2.76. The second-order valence-electron chi connectivity index (χ2n) is 5.47. The lowest BCUT2D eigenvalue weighted by Gasteiger charge is -2.17. The Morgan fingerprint density at radius 2 is 2.00 bits per heavy atom. The summed E-state index contributed by atoms with van der Waals surface area (Å²) in [5, 5.41) is 6.83. The van der Waals surface area contributed by atoms with Crippen LogP contribution in [-0.4, -0.2) is 38.8 Å². The molecule has 0 radical (unpaired) electrons. The summed E-state index contributed by atoms with van der Waals surface area (Å²) in [6.45, 7) is 6.83. The van der Waals surface area contributed by atoms with Gasteiger partial charge in [0.25, 0.3) is 5.78 Å². The Bertz CT molecular complexity index is 626. The molecule has 2 rings (SSSR count). The van der Waals surface area contributed by atoms with E-state index in [-0.39, 0.29) is 17.6 Å². The van der Waals surface area contributed by atoms with Gasteiger partial charge in [-0.25, -0.2) is 4.98 Å². The number of anilines is 1. The fourth-order valence-electron chi connectivity index (χ4n) is 1.83. The number of nitrogens with zero attached hydrogens (tertiary/aromatic N) is 4. The molecule has 0 bridgehead atoms.